The van der Waals surface area contributed by atoms with Crippen LogP contribution in [0, 0.1) is 16.0 Å². The highest BCUT2D eigenvalue weighted by molar-refractivity contribution is 6.33. The van der Waals surface area contributed by atoms with Gasteiger partial charge in [-0.2, -0.15) is 0 Å². The van der Waals surface area contributed by atoms with Gasteiger partial charge in [0.25, 0.3) is 11.6 Å². The zero-order chi connectivity index (χ0) is 14.9. The number of nitrogens with zero attached hydrogens (tertiary/aromatic N) is 2. The molecule has 1 heterocycles. The van der Waals surface area contributed by atoms with Crippen LogP contribution in [0.5, 0.6) is 0 Å². The normalized spacial score (nSPS) is 22.1. The van der Waals surface area contributed by atoms with Crippen LogP contribution in [0.4, 0.5) is 5.69 Å². The van der Waals surface area contributed by atoms with E-state index in [2.05, 4.69) is 0 Å². The minimum absolute atomic E-state index is 0.0615. The molecule has 0 spiro atoms. The van der Waals surface area contributed by atoms with E-state index in [-0.39, 0.29) is 34.1 Å². The number of carbonyl (C=O) groups is 1. The van der Waals surface area contributed by atoms with E-state index in [1.165, 1.54) is 18.2 Å². The summed E-state index contributed by atoms with van der Waals surface area (Å²) in [7, 11) is 0. The van der Waals surface area contributed by atoms with E-state index in [4.69, 9.17) is 17.3 Å². The Morgan fingerprint density at radius 2 is 2.30 bits per heavy atom. The predicted octanol–water partition coefficient (Wildman–Crippen LogP) is 2.06. The van der Waals surface area contributed by atoms with Crippen molar-refractivity contribution in [2.75, 3.05) is 13.1 Å². The molecule has 2 atom stereocenters. The minimum atomic E-state index is -0.538. The molecule has 0 saturated carbocycles. The average molecular weight is 298 g/mol. The van der Waals surface area contributed by atoms with Crippen molar-refractivity contribution in [2.24, 2.45) is 11.7 Å². The summed E-state index contributed by atoms with van der Waals surface area (Å²) >= 11 is 6.00. The Bertz CT molecular complexity index is 550. The van der Waals surface area contributed by atoms with E-state index in [1.54, 1.807) is 4.90 Å². The van der Waals surface area contributed by atoms with E-state index >= 15 is 0 Å². The first-order valence-electron chi connectivity index (χ1n) is 6.39. The lowest BCUT2D eigenvalue weighted by molar-refractivity contribution is -0.384. The highest BCUT2D eigenvalue weighted by Crippen LogP contribution is 2.28. The van der Waals surface area contributed by atoms with Gasteiger partial charge in [0.2, 0.25) is 0 Å². The molecule has 20 heavy (non-hydrogen) atoms. The lowest BCUT2D eigenvalue weighted by atomic mass is 10.1. The van der Waals surface area contributed by atoms with E-state index in [9.17, 15) is 14.9 Å². The zero-order valence-corrected chi connectivity index (χ0v) is 11.8. The van der Waals surface area contributed by atoms with Crippen molar-refractivity contribution in [3.8, 4) is 0 Å². The number of hydrogen-bond donors (Lipinski definition) is 1. The maximum atomic E-state index is 12.5. The van der Waals surface area contributed by atoms with Crippen molar-refractivity contribution in [1.82, 2.24) is 4.90 Å². The molecule has 1 aliphatic heterocycles. The fourth-order valence-electron chi connectivity index (χ4n) is 2.54. The van der Waals surface area contributed by atoms with Crippen molar-refractivity contribution in [2.45, 2.75) is 19.4 Å². The third-order valence-electron chi connectivity index (χ3n) is 3.65. The second-order valence-corrected chi connectivity index (χ2v) is 5.47. The number of benzene rings is 1. The van der Waals surface area contributed by atoms with Crippen molar-refractivity contribution < 1.29 is 9.72 Å². The molecule has 108 valence electrons. The molecule has 7 heteroatoms. The van der Waals surface area contributed by atoms with Crippen LogP contribution in [-0.2, 0) is 0 Å². The first-order valence-corrected chi connectivity index (χ1v) is 6.76. The van der Waals surface area contributed by atoms with Crippen LogP contribution in [-0.4, -0.2) is 34.9 Å². The molecule has 0 aromatic heterocycles. The smallest absolute Gasteiger partial charge is 0.270 e. The quantitative estimate of drug-likeness (QED) is 0.683. The second-order valence-electron chi connectivity index (χ2n) is 5.07. The lowest BCUT2D eigenvalue weighted by Crippen LogP contribution is -2.34. The average Bonchev–Trinajstić information content (AvgIpc) is 2.79. The van der Waals surface area contributed by atoms with Gasteiger partial charge in [-0.05, 0) is 31.9 Å². The number of nitrogens with two attached hydrogens (primary N) is 1. The summed E-state index contributed by atoms with van der Waals surface area (Å²) in [4.78, 5) is 24.4. The summed E-state index contributed by atoms with van der Waals surface area (Å²) in [5, 5.41) is 11.0. The predicted molar refractivity (Wildman–Crippen MR) is 75.8 cm³/mol. The molecule has 1 fully saturated rings. The summed E-state index contributed by atoms with van der Waals surface area (Å²) < 4.78 is 0. The molecule has 1 saturated heterocycles. The number of rotatable bonds is 3. The Labute approximate surface area is 121 Å². The zero-order valence-electron chi connectivity index (χ0n) is 11.1. The van der Waals surface area contributed by atoms with Gasteiger partial charge in [0.15, 0.2) is 0 Å². The summed E-state index contributed by atoms with van der Waals surface area (Å²) in [6.45, 7) is 3.03. The molecule has 1 aromatic rings. The molecule has 1 aromatic carbocycles. The molecule has 0 bridgehead atoms. The van der Waals surface area contributed by atoms with Crippen molar-refractivity contribution in [3.05, 3.63) is 38.9 Å². The van der Waals surface area contributed by atoms with Crippen LogP contribution >= 0.6 is 11.6 Å². The molecular weight excluding hydrogens is 282 g/mol. The van der Waals surface area contributed by atoms with Gasteiger partial charge in [-0.1, -0.05) is 11.6 Å². The van der Waals surface area contributed by atoms with Gasteiger partial charge in [-0.15, -0.1) is 0 Å². The number of non-ortho nitro benzene ring substituents is 1. The fourth-order valence-corrected chi connectivity index (χ4v) is 2.74. The van der Waals surface area contributed by atoms with E-state index in [1.807, 2.05) is 6.92 Å². The fraction of sp³-hybridized carbons (Fsp3) is 0.462. The maximum Gasteiger partial charge on any atom is 0.270 e. The molecular formula is C13H16ClN3O3. The standard InChI is InChI=1S/C13H16ClN3O3/c1-8-4-9(6-15)7-16(8)13(18)11-5-10(17(19)20)2-3-12(11)14/h2-3,5,8-9H,4,6-7,15H2,1H3. The number of amides is 1. The monoisotopic (exact) mass is 297 g/mol. The van der Waals surface area contributed by atoms with Gasteiger partial charge in [0.05, 0.1) is 15.5 Å². The summed E-state index contributed by atoms with van der Waals surface area (Å²) in [6.07, 6.45) is 0.842. The molecule has 2 unspecified atom stereocenters. The number of hydrogen-bond acceptors (Lipinski definition) is 4. The minimum Gasteiger partial charge on any atom is -0.336 e. The van der Waals surface area contributed by atoms with Gasteiger partial charge in [0.1, 0.15) is 0 Å². The van der Waals surface area contributed by atoms with Gasteiger partial charge >= 0.3 is 0 Å². The maximum absolute atomic E-state index is 12.5. The van der Waals surface area contributed by atoms with Crippen LogP contribution in [0.3, 0.4) is 0 Å². The topological polar surface area (TPSA) is 89.5 Å². The van der Waals surface area contributed by atoms with Crippen LogP contribution in [0.1, 0.15) is 23.7 Å². The number of nitro benzene ring substituents is 1. The number of carbonyl (C=O) groups excluding carboxylic acids is 1. The van der Waals surface area contributed by atoms with E-state index in [0.29, 0.717) is 13.1 Å². The van der Waals surface area contributed by atoms with Crippen LogP contribution in [0.15, 0.2) is 18.2 Å². The van der Waals surface area contributed by atoms with Crippen molar-refractivity contribution >= 4 is 23.2 Å². The highest BCUT2D eigenvalue weighted by atomic mass is 35.5. The highest BCUT2D eigenvalue weighted by Gasteiger charge is 2.33. The number of likely N-dealkylation sites (tertiary alicyclic amines) is 1. The molecule has 0 radical (unpaired) electrons. The molecule has 2 N–H and O–H groups in total. The number of nitro groups is 1. The molecule has 1 amide bonds. The molecule has 2 rings (SSSR count). The first kappa shape index (κ1) is 14.7. The summed E-state index contributed by atoms with van der Waals surface area (Å²) in [5.41, 5.74) is 5.67. The van der Waals surface area contributed by atoms with Crippen molar-refractivity contribution in [1.29, 1.82) is 0 Å². The van der Waals surface area contributed by atoms with Gasteiger partial charge < -0.3 is 10.6 Å². The van der Waals surface area contributed by atoms with Gasteiger partial charge in [-0.3, -0.25) is 14.9 Å². The Hall–Kier alpha value is -1.66. The second kappa shape index (κ2) is 5.76. The van der Waals surface area contributed by atoms with E-state index < -0.39 is 4.92 Å². The Balaban J connectivity index is 2.29. The Morgan fingerprint density at radius 3 is 2.85 bits per heavy atom. The summed E-state index contributed by atoms with van der Waals surface area (Å²) in [6, 6.07) is 3.96. The van der Waals surface area contributed by atoms with Crippen LogP contribution in [0.25, 0.3) is 0 Å². The summed E-state index contributed by atoms with van der Waals surface area (Å²) in [5.74, 6) is -0.00595. The SMILES string of the molecule is CC1CC(CN)CN1C(=O)c1cc([N+](=O)[O-])ccc1Cl. The third-order valence-corrected chi connectivity index (χ3v) is 3.98. The Morgan fingerprint density at radius 1 is 1.60 bits per heavy atom. The Kier molecular flexibility index (Phi) is 4.25. The van der Waals surface area contributed by atoms with Crippen molar-refractivity contribution in [3.63, 3.8) is 0 Å². The molecule has 1 aliphatic rings. The third kappa shape index (κ3) is 2.76. The molecule has 6 nitrogen and oxygen atoms in total. The first-order chi connectivity index (χ1) is 9.43. The largest absolute Gasteiger partial charge is 0.336 e. The van der Waals surface area contributed by atoms with E-state index in [0.717, 1.165) is 6.42 Å². The van der Waals surface area contributed by atoms with Crippen LogP contribution < -0.4 is 5.73 Å². The van der Waals surface area contributed by atoms with Gasteiger partial charge in [-0.25, -0.2) is 0 Å². The van der Waals surface area contributed by atoms with Crippen LogP contribution in [0.2, 0.25) is 5.02 Å². The lowest BCUT2D eigenvalue weighted by Gasteiger charge is -2.22. The number of halogens is 1. The van der Waals surface area contributed by atoms with Gasteiger partial charge in [0, 0.05) is 24.7 Å². The molecule has 0 aliphatic carbocycles.